The smallest absolute Gasteiger partial charge is 0.289 e. The molecule has 0 unspecified atom stereocenters. The molecule has 1 aromatic rings. The van der Waals surface area contributed by atoms with Crippen molar-refractivity contribution in [1.29, 1.82) is 0 Å². The van der Waals surface area contributed by atoms with Gasteiger partial charge in [-0.2, -0.15) is 5.10 Å². The van der Waals surface area contributed by atoms with Crippen molar-refractivity contribution in [3.8, 4) is 0 Å². The van der Waals surface area contributed by atoms with Crippen LogP contribution in [0.15, 0.2) is 0 Å². The first-order valence-electron chi connectivity index (χ1n) is 8.07. The van der Waals surface area contributed by atoms with Gasteiger partial charge in [-0.3, -0.25) is 4.79 Å². The second-order valence-electron chi connectivity index (χ2n) is 6.43. The molecule has 1 aromatic heterocycles. The van der Waals surface area contributed by atoms with Crippen molar-refractivity contribution in [1.82, 2.24) is 25.0 Å². The normalized spacial score (nSPS) is 21.2. The molecule has 0 aromatic carbocycles. The molecule has 1 aliphatic heterocycles. The summed E-state index contributed by atoms with van der Waals surface area (Å²) in [6.45, 7) is 5.27. The molecule has 3 rings (SSSR count). The van der Waals surface area contributed by atoms with Crippen LogP contribution in [0.3, 0.4) is 0 Å². The van der Waals surface area contributed by atoms with E-state index in [1.807, 2.05) is 0 Å². The average molecular weight is 291 g/mol. The van der Waals surface area contributed by atoms with Crippen LogP contribution >= 0.6 is 0 Å². The van der Waals surface area contributed by atoms with E-state index in [1.165, 1.54) is 19.3 Å². The van der Waals surface area contributed by atoms with E-state index in [4.69, 9.17) is 0 Å². The fourth-order valence-electron chi connectivity index (χ4n) is 2.98. The van der Waals surface area contributed by atoms with Gasteiger partial charge < -0.3 is 10.2 Å². The molecule has 0 spiro atoms. The van der Waals surface area contributed by atoms with Crippen LogP contribution in [-0.2, 0) is 7.05 Å². The lowest BCUT2D eigenvalue weighted by Gasteiger charge is -2.29. The molecule has 0 bridgehead atoms. The van der Waals surface area contributed by atoms with E-state index in [0.717, 1.165) is 38.3 Å². The quantitative estimate of drug-likeness (QED) is 0.888. The minimum atomic E-state index is -0.110. The summed E-state index contributed by atoms with van der Waals surface area (Å²) < 4.78 is 1.61. The molecule has 1 saturated heterocycles. The van der Waals surface area contributed by atoms with Gasteiger partial charge in [-0.1, -0.05) is 6.42 Å². The molecule has 116 valence electrons. The number of carbonyl (C=O) groups excluding carboxylic acids is 1. The zero-order valence-corrected chi connectivity index (χ0v) is 13.0. The zero-order chi connectivity index (χ0) is 14.8. The predicted molar refractivity (Wildman–Crippen MR) is 80.2 cm³/mol. The molecule has 1 amide bonds. The van der Waals surface area contributed by atoms with Crippen molar-refractivity contribution in [3.05, 3.63) is 11.6 Å². The summed E-state index contributed by atoms with van der Waals surface area (Å²) in [7, 11) is 1.79. The number of rotatable bonds is 5. The lowest BCUT2D eigenvalue weighted by Crippen LogP contribution is -2.44. The van der Waals surface area contributed by atoms with E-state index in [1.54, 1.807) is 11.7 Å². The third-order valence-corrected chi connectivity index (χ3v) is 4.28. The third-order valence-electron chi connectivity index (χ3n) is 4.28. The van der Waals surface area contributed by atoms with Gasteiger partial charge >= 0.3 is 0 Å². The van der Waals surface area contributed by atoms with Crippen molar-refractivity contribution in [2.45, 2.75) is 51.0 Å². The van der Waals surface area contributed by atoms with E-state index in [2.05, 4.69) is 27.2 Å². The number of carbonyl (C=O) groups is 1. The Kier molecular flexibility index (Phi) is 4.24. The van der Waals surface area contributed by atoms with Gasteiger partial charge in [0.1, 0.15) is 0 Å². The van der Waals surface area contributed by atoms with E-state index < -0.39 is 0 Å². The van der Waals surface area contributed by atoms with E-state index in [-0.39, 0.29) is 11.9 Å². The summed E-state index contributed by atoms with van der Waals surface area (Å²) in [5.41, 5.74) is 0. The number of amides is 1. The number of nitrogens with one attached hydrogen (secondary N) is 1. The number of aryl methyl sites for hydroxylation is 1. The van der Waals surface area contributed by atoms with E-state index in [9.17, 15) is 4.79 Å². The van der Waals surface area contributed by atoms with Crippen LogP contribution in [0, 0.1) is 0 Å². The average Bonchev–Trinajstić information content (AvgIpc) is 3.22. The molecule has 2 aliphatic rings. The number of likely N-dealkylation sites (tertiary alicyclic amines) is 1. The molecule has 2 fully saturated rings. The van der Waals surface area contributed by atoms with Gasteiger partial charge in [-0.05, 0) is 45.7 Å². The van der Waals surface area contributed by atoms with Crippen LogP contribution in [0.2, 0.25) is 0 Å². The van der Waals surface area contributed by atoms with Crippen LogP contribution < -0.4 is 5.32 Å². The highest BCUT2D eigenvalue weighted by atomic mass is 16.2. The Hall–Kier alpha value is -1.43. The lowest BCUT2D eigenvalue weighted by molar-refractivity contribution is 0.0911. The van der Waals surface area contributed by atoms with Gasteiger partial charge in [-0.15, -0.1) is 0 Å². The second kappa shape index (κ2) is 6.13. The number of hydrogen-bond donors (Lipinski definition) is 1. The maximum atomic E-state index is 12.3. The number of hydrogen-bond acceptors (Lipinski definition) is 4. The molecule has 1 saturated carbocycles. The first kappa shape index (κ1) is 14.5. The lowest BCUT2D eigenvalue weighted by atomic mass is 10.1. The maximum absolute atomic E-state index is 12.3. The van der Waals surface area contributed by atoms with Crippen LogP contribution in [0.4, 0.5) is 0 Å². The summed E-state index contributed by atoms with van der Waals surface area (Å²) in [6.07, 6.45) is 6.18. The first-order chi connectivity index (χ1) is 10.1. The fraction of sp³-hybridized carbons (Fsp3) is 0.800. The van der Waals surface area contributed by atoms with Crippen LogP contribution in [-0.4, -0.2) is 51.2 Å². The van der Waals surface area contributed by atoms with Gasteiger partial charge in [0.05, 0.1) is 0 Å². The van der Waals surface area contributed by atoms with Gasteiger partial charge in [-0.25, -0.2) is 9.67 Å². The van der Waals surface area contributed by atoms with Gasteiger partial charge in [0.2, 0.25) is 5.82 Å². The molecule has 1 atom stereocenters. The number of piperidine rings is 1. The fourth-order valence-corrected chi connectivity index (χ4v) is 2.98. The van der Waals surface area contributed by atoms with Crippen molar-refractivity contribution in [2.24, 2.45) is 7.05 Å². The Bertz CT molecular complexity index is 502. The molecular weight excluding hydrogens is 266 g/mol. The second-order valence-corrected chi connectivity index (χ2v) is 6.43. The number of aromatic nitrogens is 3. The van der Waals surface area contributed by atoms with Crippen molar-refractivity contribution in [3.63, 3.8) is 0 Å². The van der Waals surface area contributed by atoms with Gasteiger partial charge in [0.15, 0.2) is 5.82 Å². The Morgan fingerprint density at radius 1 is 1.33 bits per heavy atom. The summed E-state index contributed by atoms with van der Waals surface area (Å²) in [5.74, 6) is 1.62. The van der Waals surface area contributed by atoms with E-state index in [0.29, 0.717) is 11.7 Å². The van der Waals surface area contributed by atoms with Crippen molar-refractivity contribution in [2.75, 3.05) is 19.6 Å². The molecule has 6 nitrogen and oxygen atoms in total. The molecule has 6 heteroatoms. The molecule has 1 N–H and O–H groups in total. The van der Waals surface area contributed by atoms with E-state index >= 15 is 0 Å². The summed E-state index contributed by atoms with van der Waals surface area (Å²) in [4.78, 5) is 19.2. The van der Waals surface area contributed by atoms with Crippen LogP contribution in [0.1, 0.15) is 61.4 Å². The topological polar surface area (TPSA) is 63.1 Å². The highest BCUT2D eigenvalue weighted by Gasteiger charge is 2.30. The van der Waals surface area contributed by atoms with Gasteiger partial charge in [0, 0.05) is 25.6 Å². The number of nitrogens with zero attached hydrogens (tertiary/aromatic N) is 4. The summed E-state index contributed by atoms with van der Waals surface area (Å²) >= 11 is 0. The minimum absolute atomic E-state index is 0.110. The Balaban J connectivity index is 1.54. The van der Waals surface area contributed by atoms with Crippen molar-refractivity contribution >= 4 is 5.91 Å². The Morgan fingerprint density at radius 2 is 2.05 bits per heavy atom. The highest BCUT2D eigenvalue weighted by molar-refractivity contribution is 5.90. The molecular formula is C15H25N5O. The Morgan fingerprint density at radius 3 is 2.71 bits per heavy atom. The molecule has 21 heavy (non-hydrogen) atoms. The summed E-state index contributed by atoms with van der Waals surface area (Å²) in [5, 5.41) is 7.40. The SMILES string of the molecule is C[C@@H](CN1CCCCC1)NC(=O)c1nc(C2CC2)nn1C. The van der Waals surface area contributed by atoms with Crippen molar-refractivity contribution < 1.29 is 4.79 Å². The summed E-state index contributed by atoms with van der Waals surface area (Å²) in [6, 6.07) is 0.136. The Labute approximate surface area is 125 Å². The standard InChI is InChI=1S/C15H25N5O/c1-11(10-20-8-4-3-5-9-20)16-15(21)14-17-13(12-6-7-12)18-19(14)2/h11-12H,3-10H2,1-2H3,(H,16,21)/t11-/m0/s1. The molecule has 1 aliphatic carbocycles. The van der Waals surface area contributed by atoms with Crippen LogP contribution in [0.25, 0.3) is 0 Å². The monoisotopic (exact) mass is 291 g/mol. The third kappa shape index (κ3) is 3.61. The minimum Gasteiger partial charge on any atom is -0.346 e. The van der Waals surface area contributed by atoms with Gasteiger partial charge in [0.25, 0.3) is 5.91 Å². The molecule has 2 heterocycles. The first-order valence-corrected chi connectivity index (χ1v) is 8.07. The largest absolute Gasteiger partial charge is 0.346 e. The predicted octanol–water partition coefficient (Wildman–Crippen LogP) is 1.30. The molecule has 0 radical (unpaired) electrons. The van der Waals surface area contributed by atoms with Crippen LogP contribution in [0.5, 0.6) is 0 Å². The highest BCUT2D eigenvalue weighted by Crippen LogP contribution is 2.37. The zero-order valence-electron chi connectivity index (χ0n) is 13.0. The maximum Gasteiger partial charge on any atom is 0.289 e.